The Morgan fingerprint density at radius 3 is 2.27 bits per heavy atom. The molecule has 0 aliphatic carbocycles. The van der Waals surface area contributed by atoms with E-state index in [2.05, 4.69) is 24.1 Å². The summed E-state index contributed by atoms with van der Waals surface area (Å²) in [5, 5.41) is 12.4. The van der Waals surface area contributed by atoms with Crippen molar-refractivity contribution in [1.29, 1.82) is 5.41 Å². The molecule has 1 unspecified atom stereocenters. The summed E-state index contributed by atoms with van der Waals surface area (Å²) in [6.07, 6.45) is 8.60. The Labute approximate surface area is 245 Å². The van der Waals surface area contributed by atoms with Crippen LogP contribution in [0.25, 0.3) is 0 Å². The molecule has 0 spiro atoms. The van der Waals surface area contributed by atoms with Gasteiger partial charge in [0.25, 0.3) is 15.9 Å². The molecule has 1 rings (SSSR count). The standard InChI is InChI=1S/C25H41N5O6S.C4H8/c1-8-10-23(17(6)26)36-22(9-2)25(33)29-20(13-15(3)4)24(32)28-19-12-11-16(5)30(14-21(19)31)37(34,35)18(7)27;1-3-4-2/h8-10,15-16,19-20,27H,11-14,26H2,1-7H3,(H,28,32)(H,29,33);3H,1,4H2,2H3/b10-8-,22-9+,23-17+,27-18?;/t16-,19+,20?;/m1./s1. The number of amides is 2. The minimum atomic E-state index is -4.05. The SMILES string of the molecule is C/C=C\C(O/C(=C/C)C(=O)NC(CC(C)C)C(=O)N[C@H]1CC[C@@H](C)N(S(=O)(=O)C(C)=N)CC1=O)=C(\C)N.C=CCC. The highest BCUT2D eigenvalue weighted by molar-refractivity contribution is 8.04. The Bertz CT molecular complexity index is 1140. The minimum absolute atomic E-state index is 0.0388. The van der Waals surface area contributed by atoms with E-state index in [1.54, 1.807) is 39.8 Å². The zero-order valence-electron chi connectivity index (χ0n) is 25.7. The van der Waals surface area contributed by atoms with Gasteiger partial charge in [0.05, 0.1) is 12.6 Å². The molecule has 0 bridgehead atoms. The van der Waals surface area contributed by atoms with E-state index >= 15 is 0 Å². The van der Waals surface area contributed by atoms with Crippen LogP contribution in [0.3, 0.4) is 0 Å². The summed E-state index contributed by atoms with van der Waals surface area (Å²) in [6.45, 7) is 16.7. The third-order valence-corrected chi connectivity index (χ3v) is 7.99. The maximum absolute atomic E-state index is 13.2. The van der Waals surface area contributed by atoms with Crippen molar-refractivity contribution in [3.05, 3.63) is 48.1 Å². The quantitative estimate of drug-likeness (QED) is 0.0705. The van der Waals surface area contributed by atoms with Gasteiger partial charge in [0.2, 0.25) is 5.91 Å². The van der Waals surface area contributed by atoms with Crippen LogP contribution in [0, 0.1) is 11.3 Å². The van der Waals surface area contributed by atoms with Gasteiger partial charge in [0.1, 0.15) is 16.8 Å². The summed E-state index contributed by atoms with van der Waals surface area (Å²) in [4.78, 5) is 39.1. The third-order valence-electron chi connectivity index (χ3n) is 6.11. The summed E-state index contributed by atoms with van der Waals surface area (Å²) in [5.41, 5.74) is 6.20. The molecule has 1 heterocycles. The zero-order chi connectivity index (χ0) is 31.9. The number of ketones is 1. The van der Waals surface area contributed by atoms with Crippen molar-refractivity contribution < 1.29 is 27.5 Å². The molecule has 0 saturated carbocycles. The lowest BCUT2D eigenvalue weighted by molar-refractivity contribution is -0.131. The Hall–Kier alpha value is -3.25. The van der Waals surface area contributed by atoms with Crippen LogP contribution in [-0.2, 0) is 29.1 Å². The number of rotatable bonds is 11. The molecule has 41 heavy (non-hydrogen) atoms. The van der Waals surface area contributed by atoms with Gasteiger partial charge in [-0.2, -0.15) is 4.31 Å². The normalized spacial score (nSPS) is 19.8. The van der Waals surface area contributed by atoms with Crippen molar-refractivity contribution in [2.24, 2.45) is 11.7 Å². The first-order valence-corrected chi connectivity index (χ1v) is 15.3. The van der Waals surface area contributed by atoms with Crippen LogP contribution in [0.2, 0.25) is 0 Å². The lowest BCUT2D eigenvalue weighted by Gasteiger charge is -2.25. The van der Waals surface area contributed by atoms with Crippen LogP contribution in [0.4, 0.5) is 0 Å². The smallest absolute Gasteiger partial charge is 0.287 e. The third kappa shape index (κ3) is 12.4. The van der Waals surface area contributed by atoms with Gasteiger partial charge in [-0.25, -0.2) is 8.42 Å². The van der Waals surface area contributed by atoms with Gasteiger partial charge < -0.3 is 21.1 Å². The number of ether oxygens (including phenoxy) is 1. The van der Waals surface area contributed by atoms with Gasteiger partial charge in [-0.15, -0.1) is 6.58 Å². The number of sulfonamides is 1. The Morgan fingerprint density at radius 1 is 1.24 bits per heavy atom. The molecule has 1 aliphatic rings. The molecule has 0 aromatic heterocycles. The van der Waals surface area contributed by atoms with Crippen molar-refractivity contribution >= 4 is 32.7 Å². The van der Waals surface area contributed by atoms with Crippen LogP contribution >= 0.6 is 0 Å². The molecular formula is C29H49N5O6S. The summed E-state index contributed by atoms with van der Waals surface area (Å²) in [6, 6.07) is -2.40. The lowest BCUT2D eigenvalue weighted by Crippen LogP contribution is -2.53. The van der Waals surface area contributed by atoms with Gasteiger partial charge >= 0.3 is 0 Å². The second-order valence-electron chi connectivity index (χ2n) is 10.2. The number of Topliss-reactive ketones (excluding diaryl/α,β-unsaturated/α-hetero) is 1. The van der Waals surface area contributed by atoms with Gasteiger partial charge in [-0.05, 0) is 78.4 Å². The summed E-state index contributed by atoms with van der Waals surface area (Å²) < 4.78 is 31.7. The van der Waals surface area contributed by atoms with E-state index in [-0.39, 0.29) is 18.1 Å². The highest BCUT2D eigenvalue weighted by atomic mass is 32.2. The minimum Gasteiger partial charge on any atom is -0.450 e. The van der Waals surface area contributed by atoms with E-state index < -0.39 is 57.3 Å². The van der Waals surface area contributed by atoms with Crippen molar-refractivity contribution in [3.63, 3.8) is 0 Å². The van der Waals surface area contributed by atoms with Crippen LogP contribution in [0.15, 0.2) is 48.1 Å². The van der Waals surface area contributed by atoms with Crippen LogP contribution in [0.1, 0.15) is 81.1 Å². The van der Waals surface area contributed by atoms with Crippen LogP contribution in [-0.4, -0.2) is 60.0 Å². The molecule has 1 aliphatic heterocycles. The molecule has 0 aromatic rings. The lowest BCUT2D eigenvalue weighted by atomic mass is 10.0. The largest absolute Gasteiger partial charge is 0.450 e. The fraction of sp³-hybridized carbons (Fsp3) is 0.586. The van der Waals surface area contributed by atoms with E-state index in [1.807, 2.05) is 19.9 Å². The summed E-state index contributed by atoms with van der Waals surface area (Å²) >= 11 is 0. The van der Waals surface area contributed by atoms with E-state index in [9.17, 15) is 22.8 Å². The van der Waals surface area contributed by atoms with E-state index in [4.69, 9.17) is 15.9 Å². The van der Waals surface area contributed by atoms with Crippen LogP contribution in [0.5, 0.6) is 0 Å². The van der Waals surface area contributed by atoms with E-state index in [0.29, 0.717) is 24.3 Å². The molecule has 1 saturated heterocycles. The number of carbonyl (C=O) groups excluding carboxylic acids is 3. The Kier molecular flexibility index (Phi) is 16.8. The molecule has 12 heteroatoms. The fourth-order valence-corrected chi connectivity index (χ4v) is 4.97. The molecule has 0 aromatic carbocycles. The zero-order valence-corrected chi connectivity index (χ0v) is 26.6. The second-order valence-corrected chi connectivity index (χ2v) is 12.2. The van der Waals surface area contributed by atoms with Crippen molar-refractivity contribution in [2.45, 2.75) is 99.2 Å². The molecule has 3 atom stereocenters. The predicted molar refractivity (Wildman–Crippen MR) is 163 cm³/mol. The van der Waals surface area contributed by atoms with Gasteiger partial charge in [-0.3, -0.25) is 19.8 Å². The van der Waals surface area contributed by atoms with Gasteiger partial charge in [0.15, 0.2) is 11.5 Å². The Morgan fingerprint density at radius 2 is 1.83 bits per heavy atom. The maximum Gasteiger partial charge on any atom is 0.287 e. The summed E-state index contributed by atoms with van der Waals surface area (Å²) in [7, 11) is -4.05. The van der Waals surface area contributed by atoms with E-state index in [0.717, 1.165) is 17.6 Å². The van der Waals surface area contributed by atoms with Gasteiger partial charge in [-0.1, -0.05) is 32.9 Å². The number of nitrogens with one attached hydrogen (secondary N) is 3. The average Bonchev–Trinajstić information content (AvgIpc) is 3.03. The second kappa shape index (κ2) is 18.2. The average molecular weight is 596 g/mol. The molecule has 232 valence electrons. The first-order chi connectivity index (χ1) is 19.1. The van der Waals surface area contributed by atoms with E-state index in [1.165, 1.54) is 6.08 Å². The first-order valence-electron chi connectivity index (χ1n) is 13.8. The number of nitrogens with zero attached hydrogens (tertiary/aromatic N) is 1. The first kappa shape index (κ1) is 37.8. The molecular weight excluding hydrogens is 546 g/mol. The molecule has 5 N–H and O–H groups in total. The Balaban J connectivity index is 0.00000373. The number of hydrogen-bond donors (Lipinski definition) is 4. The molecule has 0 radical (unpaired) electrons. The van der Waals surface area contributed by atoms with Crippen LogP contribution < -0.4 is 16.4 Å². The fourth-order valence-electron chi connectivity index (χ4n) is 3.74. The monoisotopic (exact) mass is 595 g/mol. The van der Waals surface area contributed by atoms with Crippen molar-refractivity contribution in [2.75, 3.05) is 6.54 Å². The van der Waals surface area contributed by atoms with Crippen molar-refractivity contribution in [3.8, 4) is 0 Å². The highest BCUT2D eigenvalue weighted by Crippen LogP contribution is 2.20. The topological polar surface area (TPSA) is 172 Å². The number of allylic oxidation sites excluding steroid dienone is 5. The highest BCUT2D eigenvalue weighted by Gasteiger charge is 2.37. The number of hydrogen-bond acceptors (Lipinski definition) is 8. The molecule has 11 nitrogen and oxygen atoms in total. The summed E-state index contributed by atoms with van der Waals surface area (Å²) in [5.74, 6) is -1.35. The number of nitrogens with two attached hydrogens (primary N) is 1. The van der Waals surface area contributed by atoms with Gasteiger partial charge in [0, 0.05) is 11.7 Å². The maximum atomic E-state index is 13.2. The number of carbonyl (C=O) groups is 3. The molecule has 1 fully saturated rings. The predicted octanol–water partition coefficient (Wildman–Crippen LogP) is 3.65. The van der Waals surface area contributed by atoms with Crippen molar-refractivity contribution in [1.82, 2.24) is 14.9 Å². The molecule has 2 amide bonds.